The van der Waals surface area contributed by atoms with Crippen molar-refractivity contribution in [3.8, 4) is 0 Å². The van der Waals surface area contributed by atoms with Crippen LogP contribution in [0.2, 0.25) is 0 Å². The number of nitrogens with one attached hydrogen (secondary N) is 1. The lowest BCUT2D eigenvalue weighted by molar-refractivity contribution is -0.126. The van der Waals surface area contributed by atoms with Gasteiger partial charge in [-0.1, -0.05) is 13.0 Å². The molecule has 0 saturated heterocycles. The maximum Gasteiger partial charge on any atom is 0.240 e. The van der Waals surface area contributed by atoms with Gasteiger partial charge in [0.1, 0.15) is 0 Å². The minimum absolute atomic E-state index is 0.0214. The number of carbonyl (C=O) groups excluding carboxylic acids is 1. The Morgan fingerprint density at radius 2 is 2.33 bits per heavy atom. The Labute approximate surface area is 74.0 Å². The molecule has 0 heterocycles. The van der Waals surface area contributed by atoms with E-state index in [1.165, 1.54) is 0 Å². The largest absolute Gasteiger partial charge is 0.349 e. The summed E-state index contributed by atoms with van der Waals surface area (Å²) < 4.78 is 0. The van der Waals surface area contributed by atoms with E-state index >= 15 is 0 Å². The van der Waals surface area contributed by atoms with E-state index in [0.717, 1.165) is 0 Å². The van der Waals surface area contributed by atoms with Gasteiger partial charge in [0.15, 0.2) is 0 Å². The van der Waals surface area contributed by atoms with Gasteiger partial charge in [-0.25, -0.2) is 0 Å². The number of amides is 1. The van der Waals surface area contributed by atoms with Crippen LogP contribution in [0.4, 0.5) is 0 Å². The van der Waals surface area contributed by atoms with Crippen molar-refractivity contribution < 1.29 is 4.79 Å². The van der Waals surface area contributed by atoms with Gasteiger partial charge in [0, 0.05) is 6.04 Å². The fourth-order valence-corrected chi connectivity index (χ4v) is 0.591. The van der Waals surface area contributed by atoms with Crippen molar-refractivity contribution in [3.05, 3.63) is 12.7 Å². The van der Waals surface area contributed by atoms with Gasteiger partial charge in [-0.15, -0.1) is 6.58 Å². The lowest BCUT2D eigenvalue weighted by Gasteiger charge is -2.23. The van der Waals surface area contributed by atoms with Crippen molar-refractivity contribution in [2.24, 2.45) is 5.73 Å². The SMILES string of the molecule is C=CC(C)NC(=O)C(C)(N)CC. The standard InChI is InChI=1S/C9H18N2O/c1-5-7(3)11-8(12)9(4,10)6-2/h5,7H,1,6,10H2,2-4H3,(H,11,12). The Bertz CT molecular complexity index is 175. The van der Waals surface area contributed by atoms with Crippen molar-refractivity contribution in [3.63, 3.8) is 0 Å². The van der Waals surface area contributed by atoms with Gasteiger partial charge < -0.3 is 11.1 Å². The molecule has 0 radical (unpaired) electrons. The first-order valence-electron chi connectivity index (χ1n) is 4.16. The summed E-state index contributed by atoms with van der Waals surface area (Å²) in [5.74, 6) is -0.127. The molecule has 0 aromatic carbocycles. The van der Waals surface area contributed by atoms with Crippen LogP contribution in [0.5, 0.6) is 0 Å². The zero-order chi connectivity index (χ0) is 9.78. The topological polar surface area (TPSA) is 55.1 Å². The van der Waals surface area contributed by atoms with Gasteiger partial charge in [-0.05, 0) is 20.3 Å². The first kappa shape index (κ1) is 11.2. The highest BCUT2D eigenvalue weighted by Gasteiger charge is 2.26. The van der Waals surface area contributed by atoms with Crippen molar-refractivity contribution in [2.45, 2.75) is 38.8 Å². The van der Waals surface area contributed by atoms with E-state index in [2.05, 4.69) is 11.9 Å². The van der Waals surface area contributed by atoms with Gasteiger partial charge >= 0.3 is 0 Å². The first-order valence-corrected chi connectivity index (χ1v) is 4.16. The molecule has 0 rings (SSSR count). The van der Waals surface area contributed by atoms with E-state index in [1.54, 1.807) is 13.0 Å². The molecule has 0 fully saturated rings. The lowest BCUT2D eigenvalue weighted by Crippen LogP contribution is -2.52. The van der Waals surface area contributed by atoms with Crippen molar-refractivity contribution in [1.29, 1.82) is 0 Å². The predicted molar refractivity (Wildman–Crippen MR) is 50.7 cm³/mol. The molecule has 12 heavy (non-hydrogen) atoms. The third kappa shape index (κ3) is 3.05. The van der Waals surface area contributed by atoms with E-state index in [9.17, 15) is 4.79 Å². The van der Waals surface area contributed by atoms with Gasteiger partial charge in [0.25, 0.3) is 0 Å². The van der Waals surface area contributed by atoms with E-state index in [1.807, 2.05) is 13.8 Å². The van der Waals surface area contributed by atoms with Crippen molar-refractivity contribution in [1.82, 2.24) is 5.32 Å². The Kier molecular flexibility index (Phi) is 3.96. The smallest absolute Gasteiger partial charge is 0.240 e. The van der Waals surface area contributed by atoms with E-state index < -0.39 is 5.54 Å². The Morgan fingerprint density at radius 1 is 1.83 bits per heavy atom. The molecular formula is C9H18N2O. The minimum Gasteiger partial charge on any atom is -0.349 e. The number of hydrogen-bond donors (Lipinski definition) is 2. The monoisotopic (exact) mass is 170 g/mol. The molecule has 70 valence electrons. The van der Waals surface area contributed by atoms with Crippen LogP contribution in [0, 0.1) is 0 Å². The van der Waals surface area contributed by atoms with Crippen LogP contribution in [-0.4, -0.2) is 17.5 Å². The van der Waals surface area contributed by atoms with E-state index in [0.29, 0.717) is 6.42 Å². The Morgan fingerprint density at radius 3 is 2.67 bits per heavy atom. The number of carbonyl (C=O) groups is 1. The summed E-state index contributed by atoms with van der Waals surface area (Å²) in [4.78, 5) is 11.4. The van der Waals surface area contributed by atoms with Gasteiger partial charge in [0.05, 0.1) is 5.54 Å². The summed E-state index contributed by atoms with van der Waals surface area (Å²) in [6, 6.07) is -0.0214. The van der Waals surface area contributed by atoms with Crippen molar-refractivity contribution >= 4 is 5.91 Å². The predicted octanol–water partition coefficient (Wildman–Crippen LogP) is 0.804. The van der Waals surface area contributed by atoms with Crippen molar-refractivity contribution in [2.75, 3.05) is 0 Å². The van der Waals surface area contributed by atoms with Crippen LogP contribution in [-0.2, 0) is 4.79 Å². The summed E-state index contributed by atoms with van der Waals surface area (Å²) in [7, 11) is 0. The third-order valence-corrected chi connectivity index (χ3v) is 1.97. The van der Waals surface area contributed by atoms with Crippen LogP contribution in [0.15, 0.2) is 12.7 Å². The second kappa shape index (κ2) is 4.26. The Balaban J connectivity index is 4.12. The molecular weight excluding hydrogens is 152 g/mol. The summed E-state index contributed by atoms with van der Waals surface area (Å²) in [5.41, 5.74) is 4.95. The normalized spacial score (nSPS) is 17.7. The molecule has 0 spiro atoms. The van der Waals surface area contributed by atoms with Crippen LogP contribution in [0.3, 0.4) is 0 Å². The van der Waals surface area contributed by atoms with E-state index in [4.69, 9.17) is 5.73 Å². The zero-order valence-corrected chi connectivity index (χ0v) is 8.05. The molecule has 3 nitrogen and oxygen atoms in total. The summed E-state index contributed by atoms with van der Waals surface area (Å²) >= 11 is 0. The first-order chi connectivity index (χ1) is 5.44. The molecule has 2 atom stereocenters. The molecule has 0 aromatic heterocycles. The molecule has 3 heteroatoms. The molecule has 0 aromatic rings. The fourth-order valence-electron chi connectivity index (χ4n) is 0.591. The molecule has 0 aliphatic carbocycles. The molecule has 0 saturated carbocycles. The second-order valence-corrected chi connectivity index (χ2v) is 3.27. The Hall–Kier alpha value is -0.830. The fraction of sp³-hybridized carbons (Fsp3) is 0.667. The molecule has 0 aliphatic rings. The lowest BCUT2D eigenvalue weighted by atomic mass is 9.99. The highest BCUT2D eigenvalue weighted by Crippen LogP contribution is 2.04. The minimum atomic E-state index is -0.767. The average Bonchev–Trinajstić information content (AvgIpc) is 2.04. The van der Waals surface area contributed by atoms with Gasteiger partial charge in [-0.2, -0.15) is 0 Å². The number of hydrogen-bond acceptors (Lipinski definition) is 2. The van der Waals surface area contributed by atoms with Crippen LogP contribution in [0.1, 0.15) is 27.2 Å². The third-order valence-electron chi connectivity index (χ3n) is 1.97. The van der Waals surface area contributed by atoms with Crippen LogP contribution < -0.4 is 11.1 Å². The molecule has 2 unspecified atom stereocenters. The zero-order valence-electron chi connectivity index (χ0n) is 8.05. The number of nitrogens with two attached hydrogens (primary N) is 1. The van der Waals surface area contributed by atoms with Gasteiger partial charge in [0.2, 0.25) is 5.91 Å². The highest BCUT2D eigenvalue weighted by molar-refractivity contribution is 5.85. The molecule has 3 N–H and O–H groups in total. The summed E-state index contributed by atoms with van der Waals surface area (Å²) in [5, 5.41) is 2.74. The molecule has 0 bridgehead atoms. The molecule has 0 aliphatic heterocycles. The summed E-state index contributed by atoms with van der Waals surface area (Å²) in [6.45, 7) is 9.03. The quantitative estimate of drug-likeness (QED) is 0.613. The molecule has 1 amide bonds. The van der Waals surface area contributed by atoms with Gasteiger partial charge in [-0.3, -0.25) is 4.79 Å². The van der Waals surface area contributed by atoms with Crippen LogP contribution >= 0.6 is 0 Å². The van der Waals surface area contributed by atoms with E-state index in [-0.39, 0.29) is 11.9 Å². The second-order valence-electron chi connectivity index (χ2n) is 3.27. The average molecular weight is 170 g/mol. The maximum atomic E-state index is 11.4. The number of rotatable bonds is 4. The van der Waals surface area contributed by atoms with Crippen LogP contribution in [0.25, 0.3) is 0 Å². The highest BCUT2D eigenvalue weighted by atomic mass is 16.2. The maximum absolute atomic E-state index is 11.4. The summed E-state index contributed by atoms with van der Waals surface area (Å²) in [6.07, 6.45) is 2.30.